The molecule has 0 aromatic rings. The number of amides is 2. The Morgan fingerprint density at radius 2 is 1.57 bits per heavy atom. The van der Waals surface area contributed by atoms with Gasteiger partial charge in [-0.25, -0.2) is 4.79 Å². The summed E-state index contributed by atoms with van der Waals surface area (Å²) >= 11 is 0. The Morgan fingerprint density at radius 1 is 1.07 bits per heavy atom. The predicted molar refractivity (Wildman–Crippen MR) is 58.3 cm³/mol. The molecule has 0 bridgehead atoms. The molecule has 0 aromatic carbocycles. The molecule has 0 N–H and O–H groups in total. The SMILES string of the molecule is CN(C)C(=O)N(C)[C@H]1CC[C@H](C)CC1. The van der Waals surface area contributed by atoms with Crippen LogP contribution >= 0.6 is 0 Å². The van der Waals surface area contributed by atoms with Crippen LogP contribution in [0.25, 0.3) is 0 Å². The molecular formula is C11H22N2O. The van der Waals surface area contributed by atoms with Gasteiger partial charge in [0, 0.05) is 27.2 Å². The van der Waals surface area contributed by atoms with E-state index >= 15 is 0 Å². The average Bonchev–Trinajstić information content (AvgIpc) is 2.16. The number of carbonyl (C=O) groups is 1. The van der Waals surface area contributed by atoms with Crippen molar-refractivity contribution in [1.29, 1.82) is 0 Å². The van der Waals surface area contributed by atoms with Gasteiger partial charge in [-0.3, -0.25) is 0 Å². The monoisotopic (exact) mass is 198 g/mol. The van der Waals surface area contributed by atoms with Crippen LogP contribution in [0.1, 0.15) is 32.6 Å². The molecule has 2 amide bonds. The molecule has 0 radical (unpaired) electrons. The largest absolute Gasteiger partial charge is 0.331 e. The van der Waals surface area contributed by atoms with Gasteiger partial charge < -0.3 is 9.80 Å². The summed E-state index contributed by atoms with van der Waals surface area (Å²) in [5, 5.41) is 0. The zero-order valence-electron chi connectivity index (χ0n) is 9.79. The van der Waals surface area contributed by atoms with E-state index in [0.717, 1.165) is 18.8 Å². The van der Waals surface area contributed by atoms with Crippen molar-refractivity contribution in [3.05, 3.63) is 0 Å². The summed E-state index contributed by atoms with van der Waals surface area (Å²) in [6.07, 6.45) is 4.85. The molecule has 0 spiro atoms. The Balaban J connectivity index is 2.45. The van der Waals surface area contributed by atoms with Gasteiger partial charge in [-0.15, -0.1) is 0 Å². The third kappa shape index (κ3) is 2.63. The van der Waals surface area contributed by atoms with E-state index in [9.17, 15) is 4.79 Å². The second kappa shape index (κ2) is 4.67. The van der Waals surface area contributed by atoms with E-state index in [2.05, 4.69) is 6.92 Å². The fraction of sp³-hybridized carbons (Fsp3) is 0.909. The van der Waals surface area contributed by atoms with Crippen LogP contribution in [-0.2, 0) is 0 Å². The Bertz CT molecular complexity index is 195. The molecule has 0 aliphatic heterocycles. The van der Waals surface area contributed by atoms with Crippen LogP contribution in [0.5, 0.6) is 0 Å². The van der Waals surface area contributed by atoms with Crippen molar-refractivity contribution in [2.45, 2.75) is 38.6 Å². The lowest BCUT2D eigenvalue weighted by molar-refractivity contribution is 0.142. The number of hydrogen-bond acceptors (Lipinski definition) is 1. The normalized spacial score (nSPS) is 27.1. The average molecular weight is 198 g/mol. The van der Waals surface area contributed by atoms with Crippen molar-refractivity contribution in [2.24, 2.45) is 5.92 Å². The smallest absolute Gasteiger partial charge is 0.319 e. The van der Waals surface area contributed by atoms with Gasteiger partial charge in [0.05, 0.1) is 0 Å². The molecule has 1 fully saturated rings. The van der Waals surface area contributed by atoms with E-state index in [0.29, 0.717) is 6.04 Å². The Hall–Kier alpha value is -0.730. The predicted octanol–water partition coefficient (Wildman–Crippen LogP) is 2.18. The molecule has 0 saturated heterocycles. The summed E-state index contributed by atoms with van der Waals surface area (Å²) in [7, 11) is 5.54. The van der Waals surface area contributed by atoms with E-state index in [1.54, 1.807) is 4.90 Å². The molecule has 1 rings (SSSR count). The minimum Gasteiger partial charge on any atom is -0.331 e. The quantitative estimate of drug-likeness (QED) is 0.633. The van der Waals surface area contributed by atoms with Gasteiger partial charge in [-0.05, 0) is 31.6 Å². The van der Waals surface area contributed by atoms with Gasteiger partial charge in [0.2, 0.25) is 0 Å². The molecule has 0 aromatic heterocycles. The maximum Gasteiger partial charge on any atom is 0.319 e. The molecule has 1 aliphatic rings. The Labute approximate surface area is 87.1 Å². The minimum atomic E-state index is 0.129. The Kier molecular flexibility index (Phi) is 3.78. The van der Waals surface area contributed by atoms with E-state index < -0.39 is 0 Å². The standard InChI is InChI=1S/C11H22N2O/c1-9-5-7-10(8-6-9)13(4)11(14)12(2)3/h9-10H,5-8H2,1-4H3/t9-,10-. The van der Waals surface area contributed by atoms with Crippen molar-refractivity contribution in [3.8, 4) is 0 Å². The van der Waals surface area contributed by atoms with Gasteiger partial charge in [0.15, 0.2) is 0 Å². The summed E-state index contributed by atoms with van der Waals surface area (Å²) in [6.45, 7) is 2.30. The highest BCUT2D eigenvalue weighted by Gasteiger charge is 2.25. The van der Waals surface area contributed by atoms with Crippen molar-refractivity contribution >= 4 is 6.03 Å². The second-order valence-electron chi connectivity index (χ2n) is 4.70. The van der Waals surface area contributed by atoms with Crippen LogP contribution in [0.4, 0.5) is 4.79 Å². The van der Waals surface area contributed by atoms with Gasteiger partial charge in [0.25, 0.3) is 0 Å². The van der Waals surface area contributed by atoms with Crippen molar-refractivity contribution in [3.63, 3.8) is 0 Å². The first-order valence-electron chi connectivity index (χ1n) is 5.46. The number of urea groups is 1. The van der Waals surface area contributed by atoms with Crippen LogP contribution in [0.15, 0.2) is 0 Å². The molecule has 0 heterocycles. The lowest BCUT2D eigenvalue weighted by atomic mass is 9.87. The fourth-order valence-corrected chi connectivity index (χ4v) is 2.10. The first-order valence-corrected chi connectivity index (χ1v) is 5.46. The van der Waals surface area contributed by atoms with Crippen LogP contribution in [0, 0.1) is 5.92 Å². The molecule has 1 aliphatic carbocycles. The zero-order chi connectivity index (χ0) is 10.7. The van der Waals surface area contributed by atoms with Gasteiger partial charge in [-0.1, -0.05) is 6.92 Å². The van der Waals surface area contributed by atoms with Crippen molar-refractivity contribution in [2.75, 3.05) is 21.1 Å². The molecule has 0 unspecified atom stereocenters. The maximum absolute atomic E-state index is 11.7. The van der Waals surface area contributed by atoms with Crippen molar-refractivity contribution < 1.29 is 4.79 Å². The second-order valence-corrected chi connectivity index (χ2v) is 4.70. The van der Waals surface area contributed by atoms with Gasteiger partial charge in [0.1, 0.15) is 0 Å². The van der Waals surface area contributed by atoms with E-state index in [4.69, 9.17) is 0 Å². The van der Waals surface area contributed by atoms with Crippen LogP contribution in [0.3, 0.4) is 0 Å². The molecule has 3 nitrogen and oxygen atoms in total. The summed E-state index contributed by atoms with van der Waals surface area (Å²) in [4.78, 5) is 15.2. The molecule has 3 heteroatoms. The summed E-state index contributed by atoms with van der Waals surface area (Å²) in [6, 6.07) is 0.589. The number of hydrogen-bond donors (Lipinski definition) is 0. The summed E-state index contributed by atoms with van der Waals surface area (Å²) in [5.41, 5.74) is 0. The molecular weight excluding hydrogens is 176 g/mol. The molecule has 82 valence electrons. The van der Waals surface area contributed by atoms with Gasteiger partial charge in [-0.2, -0.15) is 0 Å². The number of carbonyl (C=O) groups excluding carboxylic acids is 1. The van der Waals surface area contributed by atoms with Crippen LogP contribution < -0.4 is 0 Å². The molecule has 1 saturated carbocycles. The van der Waals surface area contributed by atoms with Crippen molar-refractivity contribution in [1.82, 2.24) is 9.80 Å². The zero-order valence-corrected chi connectivity index (χ0v) is 9.79. The van der Waals surface area contributed by atoms with E-state index in [1.165, 1.54) is 12.8 Å². The minimum absolute atomic E-state index is 0.129. The lowest BCUT2D eigenvalue weighted by Crippen LogP contribution is -2.44. The third-order valence-corrected chi connectivity index (χ3v) is 3.22. The summed E-state index contributed by atoms with van der Waals surface area (Å²) in [5.74, 6) is 0.842. The number of nitrogens with zero attached hydrogens (tertiary/aromatic N) is 2. The van der Waals surface area contributed by atoms with Crippen LogP contribution in [-0.4, -0.2) is 43.0 Å². The maximum atomic E-state index is 11.7. The third-order valence-electron chi connectivity index (χ3n) is 3.22. The topological polar surface area (TPSA) is 23.6 Å². The number of rotatable bonds is 1. The Morgan fingerprint density at radius 3 is 2.00 bits per heavy atom. The molecule has 14 heavy (non-hydrogen) atoms. The summed E-state index contributed by atoms with van der Waals surface area (Å²) < 4.78 is 0. The molecule has 0 atom stereocenters. The highest BCUT2D eigenvalue weighted by molar-refractivity contribution is 5.73. The fourth-order valence-electron chi connectivity index (χ4n) is 2.10. The lowest BCUT2D eigenvalue weighted by Gasteiger charge is -2.34. The van der Waals surface area contributed by atoms with Crippen LogP contribution in [0.2, 0.25) is 0 Å². The first kappa shape index (κ1) is 11.3. The highest BCUT2D eigenvalue weighted by Crippen LogP contribution is 2.26. The highest BCUT2D eigenvalue weighted by atomic mass is 16.2. The van der Waals surface area contributed by atoms with E-state index in [-0.39, 0.29) is 6.03 Å². The first-order chi connectivity index (χ1) is 6.52. The van der Waals surface area contributed by atoms with Gasteiger partial charge >= 0.3 is 6.03 Å². The van der Waals surface area contributed by atoms with E-state index in [1.807, 2.05) is 26.0 Å².